The highest BCUT2D eigenvalue weighted by Gasteiger charge is 2.21. The smallest absolute Gasteiger partial charge is 0.208 e. The third-order valence-corrected chi connectivity index (χ3v) is 6.00. The van der Waals surface area contributed by atoms with Crippen LogP contribution in [0.15, 0.2) is 27.6 Å². The quantitative estimate of drug-likeness (QED) is 0.522. The largest absolute Gasteiger partial charge is 0.490 e. The maximum absolute atomic E-state index is 5.81. The Morgan fingerprint density at radius 3 is 2.66 bits per heavy atom. The lowest BCUT2D eigenvalue weighted by Crippen LogP contribution is -2.35. The summed E-state index contributed by atoms with van der Waals surface area (Å²) < 4.78 is 17.3. The maximum atomic E-state index is 5.81. The van der Waals surface area contributed by atoms with Crippen molar-refractivity contribution in [1.82, 2.24) is 15.2 Å². The van der Waals surface area contributed by atoms with Crippen LogP contribution >= 0.6 is 0 Å². The molecule has 1 aromatic heterocycles. The Morgan fingerprint density at radius 2 is 1.94 bits per heavy atom. The number of aliphatic imine (C=N–C) groups is 1. The molecule has 2 N–H and O–H groups in total. The molecule has 4 rings (SSSR count). The summed E-state index contributed by atoms with van der Waals surface area (Å²) in [4.78, 5) is 11.8. The van der Waals surface area contributed by atoms with E-state index in [0.29, 0.717) is 19.1 Å². The van der Waals surface area contributed by atoms with E-state index < -0.39 is 0 Å². The first-order valence-corrected chi connectivity index (χ1v) is 11.7. The predicted octanol–water partition coefficient (Wildman–Crippen LogP) is 3.74. The fourth-order valence-electron chi connectivity index (χ4n) is 4.03. The molecule has 0 bridgehead atoms. The molecule has 3 heterocycles. The summed E-state index contributed by atoms with van der Waals surface area (Å²) >= 11 is 0. The van der Waals surface area contributed by atoms with Gasteiger partial charge in [0.1, 0.15) is 5.76 Å². The molecule has 1 saturated heterocycles. The second-order valence-corrected chi connectivity index (χ2v) is 8.53. The molecular weight excluding hydrogens is 406 g/mol. The Bertz CT molecular complexity index is 899. The summed E-state index contributed by atoms with van der Waals surface area (Å²) in [6, 6.07) is 5.95. The van der Waals surface area contributed by atoms with Crippen LogP contribution in [0, 0.1) is 19.8 Å². The Morgan fingerprint density at radius 1 is 1.16 bits per heavy atom. The number of fused-ring (bicyclic) bond motifs is 1. The first kappa shape index (κ1) is 22.5. The minimum Gasteiger partial charge on any atom is -0.490 e. The molecule has 0 amide bonds. The van der Waals surface area contributed by atoms with Crippen molar-refractivity contribution in [1.29, 1.82) is 0 Å². The molecule has 8 heteroatoms. The van der Waals surface area contributed by atoms with Crippen LogP contribution in [-0.2, 0) is 6.54 Å². The molecule has 2 aliphatic rings. The van der Waals surface area contributed by atoms with Crippen LogP contribution in [-0.4, -0.2) is 55.2 Å². The molecule has 0 spiro atoms. The van der Waals surface area contributed by atoms with Gasteiger partial charge < -0.3 is 24.5 Å². The van der Waals surface area contributed by atoms with Gasteiger partial charge in [-0.05, 0) is 64.8 Å². The molecule has 2 aliphatic heterocycles. The number of guanidine groups is 1. The second kappa shape index (κ2) is 10.7. The topological polar surface area (TPSA) is 84.2 Å². The highest BCUT2D eigenvalue weighted by molar-refractivity contribution is 5.93. The van der Waals surface area contributed by atoms with E-state index in [0.717, 1.165) is 92.5 Å². The number of benzene rings is 1. The summed E-state index contributed by atoms with van der Waals surface area (Å²) in [7, 11) is 0. The number of oxazole rings is 1. The van der Waals surface area contributed by atoms with Crippen LogP contribution in [0.5, 0.6) is 11.5 Å². The lowest BCUT2D eigenvalue weighted by atomic mass is 9.97. The fraction of sp³-hybridized carbons (Fsp3) is 0.583. The number of nitrogens with zero attached hydrogens (tertiary/aromatic N) is 3. The zero-order valence-corrected chi connectivity index (χ0v) is 19.4. The van der Waals surface area contributed by atoms with E-state index in [1.807, 2.05) is 32.0 Å². The van der Waals surface area contributed by atoms with Gasteiger partial charge in [0.2, 0.25) is 5.89 Å². The van der Waals surface area contributed by atoms with Crippen molar-refractivity contribution in [3.8, 4) is 11.5 Å². The van der Waals surface area contributed by atoms with Gasteiger partial charge in [-0.2, -0.15) is 0 Å². The third kappa shape index (κ3) is 5.94. The average molecular weight is 442 g/mol. The Hall–Kier alpha value is -2.74. The molecule has 1 fully saturated rings. The van der Waals surface area contributed by atoms with Crippen LogP contribution < -0.4 is 20.1 Å². The molecule has 0 unspecified atom stereocenters. The van der Waals surface area contributed by atoms with Gasteiger partial charge in [0.05, 0.1) is 25.5 Å². The Kier molecular flexibility index (Phi) is 7.52. The number of piperidine rings is 1. The number of hydrogen-bond donors (Lipinski definition) is 2. The van der Waals surface area contributed by atoms with E-state index >= 15 is 0 Å². The Balaban J connectivity index is 1.29. The predicted molar refractivity (Wildman–Crippen MR) is 126 cm³/mol. The van der Waals surface area contributed by atoms with Gasteiger partial charge in [0.25, 0.3) is 0 Å². The van der Waals surface area contributed by atoms with Gasteiger partial charge in [-0.1, -0.05) is 0 Å². The van der Waals surface area contributed by atoms with Crippen LogP contribution in [0.4, 0.5) is 5.69 Å². The molecule has 1 aromatic carbocycles. The van der Waals surface area contributed by atoms with Crippen molar-refractivity contribution in [2.75, 3.05) is 44.7 Å². The van der Waals surface area contributed by atoms with E-state index in [1.165, 1.54) is 0 Å². The summed E-state index contributed by atoms with van der Waals surface area (Å²) in [6.07, 6.45) is 3.16. The standard InChI is InChI=1S/C24H35N5O3/c1-4-25-24(28-20-6-7-21-22(14-20)31-13-5-12-30-21)26-15-19-8-10-29(11-9-19)16-23-27-17(2)18(3)32-23/h6-7,14,19H,4-5,8-13,15-16H2,1-3H3,(H2,25,26,28). The molecular formula is C24H35N5O3. The van der Waals surface area contributed by atoms with Gasteiger partial charge in [-0.25, -0.2) is 4.98 Å². The number of aryl methyl sites for hydroxylation is 2. The van der Waals surface area contributed by atoms with E-state index in [4.69, 9.17) is 18.9 Å². The highest BCUT2D eigenvalue weighted by Crippen LogP contribution is 2.32. The molecule has 0 saturated carbocycles. The molecule has 0 atom stereocenters. The van der Waals surface area contributed by atoms with Crippen molar-refractivity contribution in [3.63, 3.8) is 0 Å². The van der Waals surface area contributed by atoms with Crippen molar-refractivity contribution >= 4 is 11.6 Å². The van der Waals surface area contributed by atoms with E-state index in [-0.39, 0.29) is 0 Å². The highest BCUT2D eigenvalue weighted by atomic mass is 16.5. The summed E-state index contributed by atoms with van der Waals surface area (Å²) in [5.74, 6) is 4.71. The van der Waals surface area contributed by atoms with Crippen LogP contribution in [0.3, 0.4) is 0 Å². The molecule has 174 valence electrons. The van der Waals surface area contributed by atoms with Crippen LogP contribution in [0.1, 0.15) is 43.5 Å². The number of likely N-dealkylation sites (tertiary alicyclic amines) is 1. The second-order valence-electron chi connectivity index (χ2n) is 8.53. The van der Waals surface area contributed by atoms with Crippen LogP contribution in [0.25, 0.3) is 0 Å². The minimum absolute atomic E-state index is 0.582. The minimum atomic E-state index is 0.582. The van der Waals surface area contributed by atoms with Crippen molar-refractivity contribution in [2.24, 2.45) is 10.9 Å². The van der Waals surface area contributed by atoms with Crippen LogP contribution in [0.2, 0.25) is 0 Å². The number of hydrogen-bond acceptors (Lipinski definition) is 6. The molecule has 8 nitrogen and oxygen atoms in total. The number of rotatable bonds is 6. The molecule has 0 aliphatic carbocycles. The van der Waals surface area contributed by atoms with Gasteiger partial charge >= 0.3 is 0 Å². The average Bonchev–Trinajstić information content (AvgIpc) is 2.97. The molecule has 0 radical (unpaired) electrons. The van der Waals surface area contributed by atoms with Gasteiger partial charge in [0, 0.05) is 31.3 Å². The summed E-state index contributed by atoms with van der Waals surface area (Å²) in [6.45, 7) is 11.9. The number of nitrogens with one attached hydrogen (secondary N) is 2. The van der Waals surface area contributed by atoms with Gasteiger partial charge in [0.15, 0.2) is 17.5 Å². The van der Waals surface area contributed by atoms with Gasteiger partial charge in [-0.15, -0.1) is 0 Å². The SMILES string of the molecule is CCNC(=NCC1CCN(Cc2nc(C)c(C)o2)CC1)Nc1ccc2c(c1)OCCCO2. The molecule has 32 heavy (non-hydrogen) atoms. The van der Waals surface area contributed by atoms with Crippen molar-refractivity contribution < 1.29 is 13.9 Å². The first-order valence-electron chi connectivity index (χ1n) is 11.7. The normalized spacial score (nSPS) is 17.8. The van der Waals surface area contributed by atoms with Crippen molar-refractivity contribution in [2.45, 2.75) is 46.6 Å². The monoisotopic (exact) mass is 441 g/mol. The number of ether oxygens (including phenoxy) is 2. The van der Waals surface area contributed by atoms with Crippen molar-refractivity contribution in [3.05, 3.63) is 35.5 Å². The summed E-state index contributed by atoms with van der Waals surface area (Å²) in [5.41, 5.74) is 1.93. The summed E-state index contributed by atoms with van der Waals surface area (Å²) in [5, 5.41) is 6.76. The van der Waals surface area contributed by atoms with Gasteiger partial charge in [-0.3, -0.25) is 9.89 Å². The lowest BCUT2D eigenvalue weighted by molar-refractivity contribution is 0.166. The number of aromatic nitrogens is 1. The first-order chi connectivity index (χ1) is 15.6. The van der Waals surface area contributed by atoms with E-state index in [9.17, 15) is 0 Å². The maximum Gasteiger partial charge on any atom is 0.208 e. The third-order valence-electron chi connectivity index (χ3n) is 6.00. The zero-order chi connectivity index (χ0) is 22.3. The van der Waals surface area contributed by atoms with E-state index in [2.05, 4.69) is 27.4 Å². The zero-order valence-electron chi connectivity index (χ0n) is 19.4. The molecule has 2 aromatic rings. The Labute approximate surface area is 190 Å². The fourth-order valence-corrected chi connectivity index (χ4v) is 4.03. The lowest BCUT2D eigenvalue weighted by Gasteiger charge is -2.30. The van der Waals surface area contributed by atoms with E-state index in [1.54, 1.807) is 0 Å². The number of anilines is 1.